The van der Waals surface area contributed by atoms with Crippen LogP contribution in [-0.4, -0.2) is 26.3 Å². The lowest BCUT2D eigenvalue weighted by molar-refractivity contribution is 0.458. The second-order valence-electron chi connectivity index (χ2n) is 3.82. The normalized spacial score (nSPS) is 11.6. The predicted molar refractivity (Wildman–Crippen MR) is 63.2 cm³/mol. The Bertz CT molecular complexity index is 454. The highest BCUT2D eigenvalue weighted by molar-refractivity contribution is 7.90. The predicted octanol–water partition coefficient (Wildman–Crippen LogP) is 1.08. The van der Waals surface area contributed by atoms with E-state index in [9.17, 15) is 13.5 Å². The zero-order chi connectivity index (χ0) is 12.2. The van der Waals surface area contributed by atoms with Gasteiger partial charge in [-0.3, -0.25) is 0 Å². The minimum Gasteiger partial charge on any atom is -0.507 e. The fourth-order valence-electron chi connectivity index (χ4n) is 1.51. The minimum atomic E-state index is -3.35. The van der Waals surface area contributed by atoms with Gasteiger partial charge in [0.25, 0.3) is 0 Å². The van der Waals surface area contributed by atoms with Crippen LogP contribution in [0.1, 0.15) is 18.4 Å². The van der Waals surface area contributed by atoms with Crippen molar-refractivity contribution in [2.24, 2.45) is 5.73 Å². The maximum absolute atomic E-state index is 11.2. The molecule has 16 heavy (non-hydrogen) atoms. The number of hydrogen-bond acceptors (Lipinski definition) is 4. The van der Waals surface area contributed by atoms with E-state index >= 15 is 0 Å². The Hall–Kier alpha value is -1.07. The van der Waals surface area contributed by atoms with Crippen LogP contribution in [0.3, 0.4) is 0 Å². The van der Waals surface area contributed by atoms with Crippen LogP contribution in [0.4, 0.5) is 0 Å². The second kappa shape index (κ2) is 5.32. The van der Waals surface area contributed by atoms with Gasteiger partial charge in [-0.1, -0.05) is 6.07 Å². The summed E-state index contributed by atoms with van der Waals surface area (Å²) in [4.78, 5) is -0.0184. The molecule has 3 N–H and O–H groups in total. The van der Waals surface area contributed by atoms with Gasteiger partial charge in [-0.25, -0.2) is 8.42 Å². The zero-order valence-electron chi connectivity index (χ0n) is 9.31. The number of phenols is 1. The van der Waals surface area contributed by atoms with E-state index in [1.807, 2.05) is 0 Å². The van der Waals surface area contributed by atoms with Crippen LogP contribution in [0.15, 0.2) is 23.1 Å². The number of benzene rings is 1. The van der Waals surface area contributed by atoms with E-state index < -0.39 is 9.84 Å². The Labute approximate surface area is 96.0 Å². The topological polar surface area (TPSA) is 80.4 Å². The summed E-state index contributed by atoms with van der Waals surface area (Å²) < 4.78 is 22.5. The van der Waals surface area contributed by atoms with Crippen molar-refractivity contribution in [1.82, 2.24) is 0 Å². The van der Waals surface area contributed by atoms with Crippen LogP contribution in [0.25, 0.3) is 0 Å². The molecule has 0 saturated carbocycles. The van der Waals surface area contributed by atoms with Gasteiger partial charge in [-0.05, 0) is 43.5 Å². The van der Waals surface area contributed by atoms with E-state index in [1.54, 1.807) is 6.07 Å². The SMILES string of the molecule is CS(=O)(=O)c1ccc(CCCCN)cc1O. The lowest BCUT2D eigenvalue weighted by Crippen LogP contribution is -2.00. The Morgan fingerprint density at radius 3 is 2.50 bits per heavy atom. The van der Waals surface area contributed by atoms with Crippen LogP contribution in [0, 0.1) is 0 Å². The van der Waals surface area contributed by atoms with Crippen LogP contribution in [-0.2, 0) is 16.3 Å². The molecule has 0 aliphatic carbocycles. The van der Waals surface area contributed by atoms with Crippen LogP contribution < -0.4 is 5.73 Å². The number of sulfone groups is 1. The van der Waals surface area contributed by atoms with Gasteiger partial charge in [0, 0.05) is 6.26 Å². The fourth-order valence-corrected chi connectivity index (χ4v) is 2.26. The Morgan fingerprint density at radius 2 is 2.00 bits per heavy atom. The molecule has 0 bridgehead atoms. The Balaban J connectivity index is 2.83. The molecule has 5 heteroatoms. The van der Waals surface area contributed by atoms with Crippen molar-refractivity contribution >= 4 is 9.84 Å². The Kier molecular flexibility index (Phi) is 4.32. The molecule has 90 valence electrons. The number of rotatable bonds is 5. The molecule has 0 radical (unpaired) electrons. The molecule has 1 aromatic carbocycles. The largest absolute Gasteiger partial charge is 0.507 e. The highest BCUT2D eigenvalue weighted by atomic mass is 32.2. The highest BCUT2D eigenvalue weighted by Crippen LogP contribution is 2.24. The van der Waals surface area contributed by atoms with E-state index in [0.29, 0.717) is 6.54 Å². The number of nitrogens with two attached hydrogens (primary N) is 1. The summed E-state index contributed by atoms with van der Waals surface area (Å²) >= 11 is 0. The average Bonchev–Trinajstić information content (AvgIpc) is 2.16. The first-order chi connectivity index (χ1) is 7.45. The molecule has 0 atom stereocenters. The summed E-state index contributed by atoms with van der Waals surface area (Å²) in [5, 5.41) is 9.58. The summed E-state index contributed by atoms with van der Waals surface area (Å²) in [6.07, 6.45) is 3.74. The van der Waals surface area contributed by atoms with Gasteiger partial charge >= 0.3 is 0 Å². The molecular weight excluding hydrogens is 226 g/mol. The van der Waals surface area contributed by atoms with E-state index in [1.165, 1.54) is 12.1 Å². The van der Waals surface area contributed by atoms with E-state index in [2.05, 4.69) is 0 Å². The average molecular weight is 243 g/mol. The summed E-state index contributed by atoms with van der Waals surface area (Å²) in [6, 6.07) is 4.68. The number of phenolic OH excluding ortho intramolecular Hbond substituents is 1. The molecule has 0 amide bonds. The van der Waals surface area contributed by atoms with Gasteiger partial charge in [0.2, 0.25) is 0 Å². The summed E-state index contributed by atoms with van der Waals surface area (Å²) in [6.45, 7) is 0.646. The van der Waals surface area contributed by atoms with Gasteiger partial charge in [0.1, 0.15) is 10.6 Å². The van der Waals surface area contributed by atoms with Crippen molar-refractivity contribution in [2.75, 3.05) is 12.8 Å². The first-order valence-electron chi connectivity index (χ1n) is 5.17. The molecular formula is C11H17NO3S. The molecule has 1 rings (SSSR count). The molecule has 0 saturated heterocycles. The molecule has 0 aliphatic heterocycles. The number of aromatic hydroxyl groups is 1. The third kappa shape index (κ3) is 3.50. The van der Waals surface area contributed by atoms with Gasteiger partial charge in [-0.2, -0.15) is 0 Å². The molecule has 0 fully saturated rings. The van der Waals surface area contributed by atoms with Gasteiger partial charge < -0.3 is 10.8 Å². The zero-order valence-corrected chi connectivity index (χ0v) is 10.1. The standard InChI is InChI=1S/C11H17NO3S/c1-16(14,15)11-6-5-9(8-10(11)13)4-2-3-7-12/h5-6,8,13H,2-4,7,12H2,1H3. The van der Waals surface area contributed by atoms with Gasteiger partial charge in [0.05, 0.1) is 0 Å². The van der Waals surface area contributed by atoms with Gasteiger partial charge in [0.15, 0.2) is 9.84 Å². The monoisotopic (exact) mass is 243 g/mol. The lowest BCUT2D eigenvalue weighted by atomic mass is 10.1. The van der Waals surface area contributed by atoms with Crippen molar-refractivity contribution in [3.8, 4) is 5.75 Å². The van der Waals surface area contributed by atoms with Crippen molar-refractivity contribution in [3.05, 3.63) is 23.8 Å². The van der Waals surface area contributed by atoms with E-state index in [4.69, 9.17) is 5.73 Å². The molecule has 0 spiro atoms. The maximum Gasteiger partial charge on any atom is 0.179 e. The van der Waals surface area contributed by atoms with Crippen molar-refractivity contribution in [2.45, 2.75) is 24.2 Å². The first-order valence-corrected chi connectivity index (χ1v) is 7.06. The number of unbranched alkanes of at least 4 members (excludes halogenated alkanes) is 1. The van der Waals surface area contributed by atoms with E-state index in [0.717, 1.165) is 31.1 Å². The van der Waals surface area contributed by atoms with Crippen molar-refractivity contribution < 1.29 is 13.5 Å². The lowest BCUT2D eigenvalue weighted by Gasteiger charge is -2.05. The number of hydrogen-bond donors (Lipinski definition) is 2. The highest BCUT2D eigenvalue weighted by Gasteiger charge is 2.12. The first kappa shape index (κ1) is 13.0. The van der Waals surface area contributed by atoms with Gasteiger partial charge in [-0.15, -0.1) is 0 Å². The third-order valence-corrected chi connectivity index (χ3v) is 3.49. The smallest absolute Gasteiger partial charge is 0.179 e. The van der Waals surface area contributed by atoms with Crippen molar-refractivity contribution in [1.29, 1.82) is 0 Å². The fraction of sp³-hybridized carbons (Fsp3) is 0.455. The quantitative estimate of drug-likeness (QED) is 0.758. The summed E-state index contributed by atoms with van der Waals surface area (Å²) in [7, 11) is -3.35. The minimum absolute atomic E-state index is 0.0184. The Morgan fingerprint density at radius 1 is 1.31 bits per heavy atom. The van der Waals surface area contributed by atoms with Crippen LogP contribution in [0.5, 0.6) is 5.75 Å². The van der Waals surface area contributed by atoms with Crippen molar-refractivity contribution in [3.63, 3.8) is 0 Å². The maximum atomic E-state index is 11.2. The van der Waals surface area contributed by atoms with E-state index in [-0.39, 0.29) is 10.6 Å². The summed E-state index contributed by atoms with van der Waals surface area (Å²) in [5.41, 5.74) is 6.30. The molecule has 0 unspecified atom stereocenters. The molecule has 1 aromatic rings. The molecule has 0 aromatic heterocycles. The third-order valence-electron chi connectivity index (χ3n) is 2.34. The van der Waals surface area contributed by atoms with Crippen LogP contribution in [0.2, 0.25) is 0 Å². The second-order valence-corrected chi connectivity index (χ2v) is 5.80. The molecule has 4 nitrogen and oxygen atoms in total. The van der Waals surface area contributed by atoms with Crippen LogP contribution >= 0.6 is 0 Å². The molecule has 0 heterocycles. The molecule has 0 aliphatic rings. The summed E-state index contributed by atoms with van der Waals surface area (Å²) in [5.74, 6) is -0.173. The number of aryl methyl sites for hydroxylation is 1.